The first-order valence-electron chi connectivity index (χ1n) is 31.3. The van der Waals surface area contributed by atoms with Gasteiger partial charge in [0.05, 0.1) is 33.8 Å². The number of quaternary nitrogens is 1. The molecule has 0 aromatic heterocycles. The van der Waals surface area contributed by atoms with Crippen LogP contribution < -0.4 is 5.32 Å². The third kappa shape index (κ3) is 56.0. The van der Waals surface area contributed by atoms with Crippen LogP contribution in [0.25, 0.3) is 0 Å². The molecule has 2 N–H and O–H groups in total. The summed E-state index contributed by atoms with van der Waals surface area (Å²) in [7, 11) is 1.49. The summed E-state index contributed by atoms with van der Waals surface area (Å²) in [4.78, 5) is 37.7. The number of hydrogen-bond donors (Lipinski definition) is 2. The lowest BCUT2D eigenvalue weighted by Crippen LogP contribution is -2.47. The third-order valence-electron chi connectivity index (χ3n) is 13.6. The third-order valence-corrected chi connectivity index (χ3v) is 14.6. The van der Waals surface area contributed by atoms with Crippen molar-refractivity contribution >= 4 is 19.7 Å². The molecule has 3 atom stereocenters. The zero-order valence-corrected chi connectivity index (χ0v) is 50.7. The van der Waals surface area contributed by atoms with Gasteiger partial charge in [-0.05, 0) is 96.0 Å². The molecule has 0 rings (SSSR count). The highest BCUT2D eigenvalue weighted by Gasteiger charge is 2.30. The molecule has 10 heteroatoms. The van der Waals surface area contributed by atoms with Crippen molar-refractivity contribution in [1.29, 1.82) is 0 Å². The zero-order valence-electron chi connectivity index (χ0n) is 49.8. The van der Waals surface area contributed by atoms with Crippen LogP contribution in [-0.4, -0.2) is 74.3 Å². The SMILES string of the molecule is CC/C=C/C/C=C/CCCCCCCCCC(=O)OC(/C=C\CCCCCCCCCCCC)C(COP(=O)(O)OCC[N+](C)(C)C)NC(=O)CCCCCCCCCCCC/C=C\C/C=C\C/C=C\CCCCC. The van der Waals surface area contributed by atoms with E-state index in [1.54, 1.807) is 0 Å². The average molecular weight is 1070 g/mol. The quantitative estimate of drug-likeness (QED) is 0.0205. The number of esters is 1. The molecule has 0 saturated carbocycles. The number of carbonyl (C=O) groups excluding carboxylic acids is 2. The summed E-state index contributed by atoms with van der Waals surface area (Å²) in [5.74, 6) is -0.517. The number of carbonyl (C=O) groups is 2. The summed E-state index contributed by atoms with van der Waals surface area (Å²) in [6.07, 6.45) is 70.4. The summed E-state index contributed by atoms with van der Waals surface area (Å²) < 4.78 is 30.7. The van der Waals surface area contributed by atoms with Gasteiger partial charge in [-0.25, -0.2) is 4.57 Å². The van der Waals surface area contributed by atoms with E-state index in [4.69, 9.17) is 13.8 Å². The second-order valence-electron chi connectivity index (χ2n) is 22.2. The number of allylic oxidation sites excluding steroid dienone is 11. The number of ether oxygens (including phenoxy) is 1. The minimum atomic E-state index is -4.45. The van der Waals surface area contributed by atoms with Gasteiger partial charge >= 0.3 is 13.8 Å². The highest BCUT2D eigenvalue weighted by Crippen LogP contribution is 2.43. The van der Waals surface area contributed by atoms with E-state index in [1.165, 1.54) is 148 Å². The summed E-state index contributed by atoms with van der Waals surface area (Å²) in [5.41, 5.74) is 0. The number of likely N-dealkylation sites (N-methyl/N-ethyl adjacent to an activating group) is 1. The van der Waals surface area contributed by atoms with Gasteiger partial charge in [-0.1, -0.05) is 242 Å². The molecule has 75 heavy (non-hydrogen) atoms. The molecular formula is C65H120N2O7P+. The lowest BCUT2D eigenvalue weighted by molar-refractivity contribution is -0.870. The number of hydrogen-bond acceptors (Lipinski definition) is 6. The highest BCUT2D eigenvalue weighted by atomic mass is 31.2. The number of nitrogens with zero attached hydrogens (tertiary/aromatic N) is 1. The van der Waals surface area contributed by atoms with Crippen LogP contribution in [0.5, 0.6) is 0 Å². The van der Waals surface area contributed by atoms with E-state index in [1.807, 2.05) is 33.3 Å². The minimum Gasteiger partial charge on any atom is -0.456 e. The van der Waals surface area contributed by atoms with Gasteiger partial charge in [0, 0.05) is 12.8 Å². The van der Waals surface area contributed by atoms with Crippen molar-refractivity contribution in [3.8, 4) is 0 Å². The van der Waals surface area contributed by atoms with Crippen molar-refractivity contribution in [3.05, 3.63) is 72.9 Å². The standard InChI is InChI=1S/C65H119N2O7P/c1-7-10-13-16-19-22-25-28-30-31-32-33-34-35-36-37-38-39-42-45-48-51-54-57-64(68)66-62(61-73-75(70,71)72-60-59-67(4,5)6)63(56-53-50-47-44-41-27-24-21-18-15-12-9-3)74-65(69)58-55-52-49-46-43-40-29-26-23-20-17-14-11-8-2/h11,14,19-20,22-23,28,30,32-33,53,56,62-63H,7-10,12-13,15-18,21,24-27,29,31,34-52,54-55,57-61H2,1-6H3,(H-,66,68,70,71)/p+1/b14-11+,22-19-,23-20+,30-28-,33-32-,56-53-. The van der Waals surface area contributed by atoms with Gasteiger partial charge in [0.2, 0.25) is 5.91 Å². The topological polar surface area (TPSA) is 111 Å². The highest BCUT2D eigenvalue weighted by molar-refractivity contribution is 7.47. The second kappa shape index (κ2) is 54.8. The fraction of sp³-hybridized carbons (Fsp3) is 0.785. The predicted octanol–water partition coefficient (Wildman–Crippen LogP) is 19.2. The molecule has 0 aromatic carbocycles. The van der Waals surface area contributed by atoms with Crippen LogP contribution in [0, 0.1) is 0 Å². The number of rotatable bonds is 56. The van der Waals surface area contributed by atoms with Gasteiger partial charge in [0.25, 0.3) is 0 Å². The van der Waals surface area contributed by atoms with Crippen molar-refractivity contribution in [2.75, 3.05) is 40.9 Å². The Balaban J connectivity index is 5.19. The fourth-order valence-corrected chi connectivity index (χ4v) is 9.54. The van der Waals surface area contributed by atoms with E-state index in [9.17, 15) is 19.0 Å². The number of phosphoric acid groups is 1. The van der Waals surface area contributed by atoms with Gasteiger partial charge in [-0.2, -0.15) is 0 Å². The van der Waals surface area contributed by atoms with E-state index in [-0.39, 0.29) is 31.5 Å². The Morgan fingerprint density at radius 2 is 0.853 bits per heavy atom. The van der Waals surface area contributed by atoms with E-state index in [2.05, 4.69) is 86.8 Å². The molecule has 0 radical (unpaired) electrons. The van der Waals surface area contributed by atoms with E-state index < -0.39 is 20.0 Å². The molecule has 0 spiro atoms. The van der Waals surface area contributed by atoms with Gasteiger partial charge < -0.3 is 19.4 Å². The van der Waals surface area contributed by atoms with Crippen LogP contribution in [-0.2, 0) is 27.9 Å². The Labute approximate surface area is 463 Å². The van der Waals surface area contributed by atoms with Gasteiger partial charge in [0.15, 0.2) is 0 Å². The van der Waals surface area contributed by atoms with Crippen molar-refractivity contribution < 1.29 is 37.3 Å². The lowest BCUT2D eigenvalue weighted by Gasteiger charge is -2.27. The molecule has 9 nitrogen and oxygen atoms in total. The molecule has 3 unspecified atom stereocenters. The van der Waals surface area contributed by atoms with Crippen LogP contribution >= 0.6 is 7.82 Å². The summed E-state index contributed by atoms with van der Waals surface area (Å²) in [6, 6.07) is -0.855. The maximum Gasteiger partial charge on any atom is 0.472 e. The maximum atomic E-state index is 13.6. The van der Waals surface area contributed by atoms with E-state index >= 15 is 0 Å². The molecular weight excluding hydrogens is 952 g/mol. The molecule has 0 heterocycles. The van der Waals surface area contributed by atoms with E-state index in [0.29, 0.717) is 17.4 Å². The largest absolute Gasteiger partial charge is 0.472 e. The molecule has 436 valence electrons. The number of nitrogens with one attached hydrogen (secondary N) is 1. The van der Waals surface area contributed by atoms with Gasteiger partial charge in [-0.3, -0.25) is 18.6 Å². The van der Waals surface area contributed by atoms with Crippen LogP contribution in [0.1, 0.15) is 278 Å². The van der Waals surface area contributed by atoms with Crippen molar-refractivity contribution in [2.24, 2.45) is 0 Å². The van der Waals surface area contributed by atoms with E-state index in [0.717, 1.165) is 96.3 Å². The number of amides is 1. The normalized spacial score (nSPS) is 14.2. The second-order valence-corrected chi connectivity index (χ2v) is 23.6. The Morgan fingerprint density at radius 1 is 0.480 bits per heavy atom. The van der Waals surface area contributed by atoms with Crippen LogP contribution in [0.4, 0.5) is 0 Å². The Morgan fingerprint density at radius 3 is 1.31 bits per heavy atom. The summed E-state index contributed by atoms with van der Waals surface area (Å²) in [5, 5.41) is 3.05. The number of phosphoric ester groups is 1. The van der Waals surface area contributed by atoms with Gasteiger partial charge in [0.1, 0.15) is 19.3 Å². The molecule has 0 aliphatic carbocycles. The Hall–Kier alpha value is -2.55. The molecule has 0 bridgehead atoms. The van der Waals surface area contributed by atoms with Crippen LogP contribution in [0.2, 0.25) is 0 Å². The monoisotopic (exact) mass is 1070 g/mol. The smallest absolute Gasteiger partial charge is 0.456 e. The average Bonchev–Trinajstić information content (AvgIpc) is 3.37. The number of unbranched alkanes of at least 4 members (excludes halogenated alkanes) is 30. The first-order valence-corrected chi connectivity index (χ1v) is 32.8. The fourth-order valence-electron chi connectivity index (χ4n) is 8.81. The molecule has 0 aromatic rings. The minimum absolute atomic E-state index is 0.0361. The Kier molecular flexibility index (Phi) is 52.9. The predicted molar refractivity (Wildman–Crippen MR) is 323 cm³/mol. The summed E-state index contributed by atoms with van der Waals surface area (Å²) in [6.45, 7) is 6.88. The summed E-state index contributed by atoms with van der Waals surface area (Å²) >= 11 is 0. The maximum absolute atomic E-state index is 13.6. The molecule has 1 amide bonds. The lowest BCUT2D eigenvalue weighted by atomic mass is 10.0. The molecule has 0 fully saturated rings. The molecule has 0 aliphatic rings. The zero-order chi connectivity index (χ0) is 55.0. The van der Waals surface area contributed by atoms with Crippen LogP contribution in [0.3, 0.4) is 0 Å². The molecule has 0 saturated heterocycles. The molecule has 0 aliphatic heterocycles. The first-order chi connectivity index (χ1) is 36.4. The van der Waals surface area contributed by atoms with Crippen molar-refractivity contribution in [2.45, 2.75) is 290 Å². The Bertz CT molecular complexity index is 1510. The van der Waals surface area contributed by atoms with Crippen molar-refractivity contribution in [1.82, 2.24) is 5.32 Å². The van der Waals surface area contributed by atoms with Crippen molar-refractivity contribution in [3.63, 3.8) is 0 Å². The first kappa shape index (κ1) is 72.5. The van der Waals surface area contributed by atoms with Gasteiger partial charge in [-0.15, -0.1) is 0 Å². The van der Waals surface area contributed by atoms with Crippen LogP contribution in [0.15, 0.2) is 72.9 Å².